The number of hydrogen-bond donors (Lipinski definition) is 2. The molecule has 0 fully saturated rings. The van der Waals surface area contributed by atoms with Crippen LogP contribution in [0.25, 0.3) is 0 Å². The average molecular weight is 448 g/mol. The number of sulfonamides is 1. The molecule has 2 atom stereocenters. The van der Waals surface area contributed by atoms with E-state index in [0.717, 1.165) is 5.56 Å². The van der Waals surface area contributed by atoms with Crippen LogP contribution in [0, 0.1) is 5.82 Å². The van der Waals surface area contributed by atoms with Crippen LogP contribution in [0.15, 0.2) is 47.4 Å². The summed E-state index contributed by atoms with van der Waals surface area (Å²) in [5.41, 5.74) is 1.59. The molecule has 0 bridgehead atoms. The maximum Gasteiger partial charge on any atom is 0.243 e. The SMILES string of the molecule is CCN(CC)S(=O)(=O)c1ccc([C@@H](C)NC(=O)[C@@H]2CC(=O)Nc3cc(F)ccc32)cc1. The highest BCUT2D eigenvalue weighted by Gasteiger charge is 2.31. The molecule has 0 aliphatic carbocycles. The van der Waals surface area contributed by atoms with Gasteiger partial charge >= 0.3 is 0 Å². The van der Waals surface area contributed by atoms with Gasteiger partial charge in [-0.25, -0.2) is 12.8 Å². The number of benzene rings is 2. The van der Waals surface area contributed by atoms with Gasteiger partial charge in [-0.1, -0.05) is 32.0 Å². The molecule has 0 aromatic heterocycles. The first-order valence-electron chi connectivity index (χ1n) is 10.2. The van der Waals surface area contributed by atoms with Crippen molar-refractivity contribution in [3.05, 3.63) is 59.4 Å². The van der Waals surface area contributed by atoms with E-state index in [9.17, 15) is 22.4 Å². The summed E-state index contributed by atoms with van der Waals surface area (Å²) in [5.74, 6) is -1.92. The van der Waals surface area contributed by atoms with Crippen molar-refractivity contribution in [3.63, 3.8) is 0 Å². The van der Waals surface area contributed by atoms with Crippen molar-refractivity contribution in [2.75, 3.05) is 18.4 Å². The summed E-state index contributed by atoms with van der Waals surface area (Å²) in [4.78, 5) is 25.0. The van der Waals surface area contributed by atoms with E-state index in [-0.39, 0.29) is 23.1 Å². The molecule has 31 heavy (non-hydrogen) atoms. The van der Waals surface area contributed by atoms with E-state index in [4.69, 9.17) is 0 Å². The van der Waals surface area contributed by atoms with E-state index in [1.807, 2.05) is 0 Å². The van der Waals surface area contributed by atoms with Crippen molar-refractivity contribution in [1.29, 1.82) is 0 Å². The van der Waals surface area contributed by atoms with Gasteiger partial charge in [0, 0.05) is 25.2 Å². The number of anilines is 1. The molecule has 2 aromatic rings. The standard InChI is InChI=1S/C22H26FN3O4S/c1-4-26(5-2)31(29,30)17-9-6-15(7-10-17)14(3)24-22(28)19-13-21(27)25-20-12-16(23)8-11-18(19)20/h6-12,14,19H,4-5,13H2,1-3H3,(H,24,28)(H,25,27)/t14-,19-/m1/s1. The van der Waals surface area contributed by atoms with E-state index in [1.165, 1.54) is 34.6 Å². The lowest BCUT2D eigenvalue weighted by Crippen LogP contribution is -2.36. The molecule has 0 unspecified atom stereocenters. The van der Waals surface area contributed by atoms with Crippen LogP contribution < -0.4 is 10.6 Å². The zero-order chi connectivity index (χ0) is 22.8. The van der Waals surface area contributed by atoms with Crippen molar-refractivity contribution in [1.82, 2.24) is 9.62 Å². The van der Waals surface area contributed by atoms with Crippen LogP contribution >= 0.6 is 0 Å². The molecule has 2 amide bonds. The van der Waals surface area contributed by atoms with Gasteiger partial charge in [0.2, 0.25) is 21.8 Å². The summed E-state index contributed by atoms with van der Waals surface area (Å²) in [6, 6.07) is 9.93. The Morgan fingerprint density at radius 2 is 1.84 bits per heavy atom. The molecular weight excluding hydrogens is 421 g/mol. The fourth-order valence-electron chi connectivity index (χ4n) is 3.71. The molecule has 0 radical (unpaired) electrons. The minimum absolute atomic E-state index is 0.0295. The zero-order valence-corrected chi connectivity index (χ0v) is 18.5. The lowest BCUT2D eigenvalue weighted by molar-refractivity contribution is -0.126. The third kappa shape index (κ3) is 4.77. The van der Waals surface area contributed by atoms with Gasteiger partial charge in [0.15, 0.2) is 0 Å². The molecular formula is C22H26FN3O4S. The Kier molecular flexibility index (Phi) is 6.76. The lowest BCUT2D eigenvalue weighted by atomic mass is 9.89. The molecule has 2 aromatic carbocycles. The second-order valence-electron chi connectivity index (χ2n) is 7.43. The van der Waals surface area contributed by atoms with Crippen molar-refractivity contribution in [2.24, 2.45) is 0 Å². The van der Waals surface area contributed by atoms with Gasteiger partial charge in [-0.15, -0.1) is 0 Å². The van der Waals surface area contributed by atoms with E-state index >= 15 is 0 Å². The van der Waals surface area contributed by atoms with Crippen LogP contribution in [0.5, 0.6) is 0 Å². The Labute approximate surface area is 181 Å². The molecule has 7 nitrogen and oxygen atoms in total. The number of amides is 2. The predicted octanol–water partition coefficient (Wildman–Crippen LogP) is 3.16. The van der Waals surface area contributed by atoms with E-state index in [0.29, 0.717) is 24.3 Å². The number of carbonyl (C=O) groups is 2. The number of halogens is 1. The van der Waals surface area contributed by atoms with Crippen LogP contribution in [0.3, 0.4) is 0 Å². The van der Waals surface area contributed by atoms with Crippen LogP contribution in [-0.2, 0) is 19.6 Å². The maximum atomic E-state index is 13.5. The van der Waals surface area contributed by atoms with Crippen molar-refractivity contribution < 1.29 is 22.4 Å². The van der Waals surface area contributed by atoms with Gasteiger partial charge in [-0.3, -0.25) is 9.59 Å². The third-order valence-corrected chi connectivity index (χ3v) is 7.52. The van der Waals surface area contributed by atoms with E-state index in [2.05, 4.69) is 10.6 Å². The molecule has 0 saturated heterocycles. The van der Waals surface area contributed by atoms with Gasteiger partial charge in [0.25, 0.3) is 0 Å². The lowest BCUT2D eigenvalue weighted by Gasteiger charge is -2.26. The maximum absolute atomic E-state index is 13.5. The summed E-state index contributed by atoms with van der Waals surface area (Å²) in [6.45, 7) is 6.11. The second kappa shape index (κ2) is 9.15. The number of carbonyl (C=O) groups excluding carboxylic acids is 2. The smallest absolute Gasteiger partial charge is 0.243 e. The third-order valence-electron chi connectivity index (χ3n) is 5.45. The predicted molar refractivity (Wildman–Crippen MR) is 115 cm³/mol. The van der Waals surface area contributed by atoms with Crippen molar-refractivity contribution >= 4 is 27.5 Å². The second-order valence-corrected chi connectivity index (χ2v) is 9.36. The first-order chi connectivity index (χ1) is 14.7. The highest BCUT2D eigenvalue weighted by molar-refractivity contribution is 7.89. The highest BCUT2D eigenvalue weighted by atomic mass is 32.2. The van der Waals surface area contributed by atoms with E-state index in [1.54, 1.807) is 32.9 Å². The van der Waals surface area contributed by atoms with Gasteiger partial charge in [-0.2, -0.15) is 4.31 Å². The van der Waals surface area contributed by atoms with Gasteiger partial charge in [-0.05, 0) is 42.3 Å². The van der Waals surface area contributed by atoms with E-state index < -0.39 is 27.8 Å². The molecule has 0 spiro atoms. The molecule has 1 aliphatic heterocycles. The normalized spacial score (nSPS) is 17.1. The summed E-state index contributed by atoms with van der Waals surface area (Å²) in [6.07, 6.45) is -0.0295. The molecule has 1 aliphatic rings. The van der Waals surface area contributed by atoms with Gasteiger partial charge in [0.1, 0.15) is 5.82 Å². The Hall–Kier alpha value is -2.78. The fourth-order valence-corrected chi connectivity index (χ4v) is 5.17. The summed E-state index contributed by atoms with van der Waals surface area (Å²) >= 11 is 0. The number of rotatable bonds is 7. The van der Waals surface area contributed by atoms with Crippen molar-refractivity contribution in [2.45, 2.75) is 44.0 Å². The minimum atomic E-state index is -3.56. The molecule has 3 rings (SSSR count). The van der Waals surface area contributed by atoms with Crippen LogP contribution in [0.4, 0.5) is 10.1 Å². The first kappa shape index (κ1) is 22.9. The number of fused-ring (bicyclic) bond motifs is 1. The summed E-state index contributed by atoms with van der Waals surface area (Å²) < 4.78 is 40.1. The Bertz CT molecular complexity index is 1080. The molecule has 9 heteroatoms. The topological polar surface area (TPSA) is 95.6 Å². The summed E-state index contributed by atoms with van der Waals surface area (Å²) in [5, 5.41) is 5.46. The first-order valence-corrected chi connectivity index (χ1v) is 11.6. The largest absolute Gasteiger partial charge is 0.349 e. The quantitative estimate of drug-likeness (QED) is 0.682. The Morgan fingerprint density at radius 1 is 1.19 bits per heavy atom. The minimum Gasteiger partial charge on any atom is -0.349 e. The van der Waals surface area contributed by atoms with Crippen LogP contribution in [0.1, 0.15) is 50.3 Å². The van der Waals surface area contributed by atoms with Crippen LogP contribution in [-0.4, -0.2) is 37.6 Å². The number of hydrogen-bond acceptors (Lipinski definition) is 4. The van der Waals surface area contributed by atoms with Crippen LogP contribution in [0.2, 0.25) is 0 Å². The molecule has 166 valence electrons. The van der Waals surface area contributed by atoms with Gasteiger partial charge < -0.3 is 10.6 Å². The zero-order valence-electron chi connectivity index (χ0n) is 17.7. The van der Waals surface area contributed by atoms with Crippen molar-refractivity contribution in [3.8, 4) is 0 Å². The number of nitrogens with one attached hydrogen (secondary N) is 2. The highest BCUT2D eigenvalue weighted by Crippen LogP contribution is 2.33. The summed E-state index contributed by atoms with van der Waals surface area (Å²) in [7, 11) is -3.56. The van der Waals surface area contributed by atoms with Gasteiger partial charge in [0.05, 0.1) is 16.9 Å². The molecule has 2 N–H and O–H groups in total. The molecule has 1 heterocycles. The number of nitrogens with zero attached hydrogens (tertiary/aromatic N) is 1. The monoisotopic (exact) mass is 447 g/mol. The fraction of sp³-hybridized carbons (Fsp3) is 0.364. The Morgan fingerprint density at radius 3 is 2.45 bits per heavy atom. The Balaban J connectivity index is 1.76. The average Bonchev–Trinajstić information content (AvgIpc) is 2.73. The molecule has 0 saturated carbocycles.